The van der Waals surface area contributed by atoms with Gasteiger partial charge >= 0.3 is 0 Å². The first kappa shape index (κ1) is 19.2. The molecule has 1 fully saturated rings. The van der Waals surface area contributed by atoms with Gasteiger partial charge in [-0.25, -0.2) is 0 Å². The van der Waals surface area contributed by atoms with Crippen molar-refractivity contribution in [3.8, 4) is 0 Å². The number of halogens is 1. The first-order valence-electron chi connectivity index (χ1n) is 9.16. The second-order valence-corrected chi connectivity index (χ2v) is 7.12. The summed E-state index contributed by atoms with van der Waals surface area (Å²) in [5, 5.41) is 3.67. The lowest BCUT2D eigenvalue weighted by Gasteiger charge is -2.30. The van der Waals surface area contributed by atoms with Crippen molar-refractivity contribution in [3.05, 3.63) is 76.8 Å². The normalized spacial score (nSPS) is 15.1. The van der Waals surface area contributed by atoms with E-state index in [0.29, 0.717) is 37.5 Å². The highest BCUT2D eigenvalue weighted by Gasteiger charge is 2.26. The van der Waals surface area contributed by atoms with E-state index in [2.05, 4.69) is 5.32 Å². The summed E-state index contributed by atoms with van der Waals surface area (Å²) in [5.41, 5.74) is 2.02. The van der Waals surface area contributed by atoms with Gasteiger partial charge in [-0.3, -0.25) is 9.59 Å². The van der Waals surface area contributed by atoms with Gasteiger partial charge in [0.05, 0.1) is 0 Å². The molecule has 4 nitrogen and oxygen atoms in total. The summed E-state index contributed by atoms with van der Waals surface area (Å²) in [6.45, 7) is 1.75. The van der Waals surface area contributed by atoms with Crippen molar-refractivity contribution < 1.29 is 9.59 Å². The van der Waals surface area contributed by atoms with Crippen molar-refractivity contribution in [1.29, 1.82) is 0 Å². The minimum atomic E-state index is -0.0296. The lowest BCUT2D eigenvalue weighted by Crippen LogP contribution is -2.42. The van der Waals surface area contributed by atoms with E-state index in [0.717, 1.165) is 11.1 Å². The van der Waals surface area contributed by atoms with Gasteiger partial charge in [-0.2, -0.15) is 0 Å². The lowest BCUT2D eigenvalue weighted by molar-refractivity contribution is -0.132. The number of carbonyl (C=O) groups is 2. The van der Waals surface area contributed by atoms with E-state index in [4.69, 9.17) is 11.6 Å². The number of nitrogens with zero attached hydrogens (tertiary/aromatic N) is 1. The molecule has 140 valence electrons. The van der Waals surface area contributed by atoms with Crippen molar-refractivity contribution in [2.24, 2.45) is 5.92 Å². The molecule has 27 heavy (non-hydrogen) atoms. The van der Waals surface area contributed by atoms with Crippen LogP contribution in [0.1, 0.15) is 24.0 Å². The number of likely N-dealkylation sites (tertiary alicyclic amines) is 1. The van der Waals surface area contributed by atoms with Crippen LogP contribution >= 0.6 is 11.6 Å². The molecule has 3 rings (SSSR count). The summed E-state index contributed by atoms with van der Waals surface area (Å²) in [5.74, 6) is 0.0220. The molecule has 0 saturated carbocycles. The third kappa shape index (κ3) is 5.69. The zero-order chi connectivity index (χ0) is 19.1. The largest absolute Gasteiger partial charge is 0.352 e. The molecule has 2 aromatic carbocycles. The summed E-state index contributed by atoms with van der Waals surface area (Å²) in [6, 6.07) is 17.2. The maximum absolute atomic E-state index is 12.3. The molecule has 1 aliphatic heterocycles. The monoisotopic (exact) mass is 382 g/mol. The summed E-state index contributed by atoms with van der Waals surface area (Å²) < 4.78 is 0. The van der Waals surface area contributed by atoms with E-state index >= 15 is 0 Å². The number of carbonyl (C=O) groups excluding carboxylic acids is 2. The predicted molar refractivity (Wildman–Crippen MR) is 108 cm³/mol. The zero-order valence-electron chi connectivity index (χ0n) is 15.1. The fourth-order valence-corrected chi connectivity index (χ4v) is 3.26. The smallest absolute Gasteiger partial charge is 0.246 e. The Labute approximate surface area is 164 Å². The summed E-state index contributed by atoms with van der Waals surface area (Å²) >= 11 is 5.86. The molecule has 0 radical (unpaired) electrons. The highest BCUT2D eigenvalue weighted by Crippen LogP contribution is 2.18. The predicted octanol–water partition coefficient (Wildman–Crippen LogP) is 3.91. The Bertz CT molecular complexity index is 795. The van der Waals surface area contributed by atoms with Gasteiger partial charge in [0.25, 0.3) is 0 Å². The highest BCUT2D eigenvalue weighted by molar-refractivity contribution is 6.30. The molecule has 0 aromatic heterocycles. The standard InChI is InChI=1S/C22H23ClN2O2/c23-20-9-6-17(7-10-20)8-11-21(26)25-14-12-19(13-15-25)22(27)24-16-18-4-2-1-3-5-18/h1-11,19H,12-16H2,(H,24,27). The Balaban J connectivity index is 1.44. The maximum atomic E-state index is 12.3. The molecule has 0 spiro atoms. The van der Waals surface area contributed by atoms with Gasteiger partial charge in [0, 0.05) is 36.7 Å². The van der Waals surface area contributed by atoms with Crippen molar-refractivity contribution >= 4 is 29.5 Å². The molecule has 0 bridgehead atoms. The number of rotatable bonds is 5. The van der Waals surface area contributed by atoms with Gasteiger partial charge in [0.1, 0.15) is 0 Å². The maximum Gasteiger partial charge on any atom is 0.246 e. The Morgan fingerprint density at radius 3 is 2.37 bits per heavy atom. The average Bonchev–Trinajstić information content (AvgIpc) is 2.72. The molecule has 2 amide bonds. The number of piperidine rings is 1. The molecular weight excluding hydrogens is 360 g/mol. The molecule has 5 heteroatoms. The summed E-state index contributed by atoms with van der Waals surface area (Å²) in [7, 11) is 0. The Morgan fingerprint density at radius 1 is 1.04 bits per heavy atom. The lowest BCUT2D eigenvalue weighted by atomic mass is 9.95. The number of hydrogen-bond donors (Lipinski definition) is 1. The number of benzene rings is 2. The SMILES string of the molecule is O=C(NCc1ccccc1)C1CCN(C(=O)C=Cc2ccc(Cl)cc2)CC1. The molecule has 1 N–H and O–H groups in total. The summed E-state index contributed by atoms with van der Waals surface area (Å²) in [4.78, 5) is 26.5. The minimum Gasteiger partial charge on any atom is -0.352 e. The van der Waals surface area contributed by atoms with Gasteiger partial charge in [0.2, 0.25) is 11.8 Å². The van der Waals surface area contributed by atoms with E-state index in [-0.39, 0.29) is 17.7 Å². The van der Waals surface area contributed by atoms with Crippen LogP contribution in [-0.4, -0.2) is 29.8 Å². The highest BCUT2D eigenvalue weighted by atomic mass is 35.5. The Morgan fingerprint density at radius 2 is 1.70 bits per heavy atom. The van der Waals surface area contributed by atoms with Crippen molar-refractivity contribution in [1.82, 2.24) is 10.2 Å². The average molecular weight is 383 g/mol. The molecule has 0 unspecified atom stereocenters. The number of nitrogens with one attached hydrogen (secondary N) is 1. The second-order valence-electron chi connectivity index (χ2n) is 6.69. The Kier molecular flexibility index (Phi) is 6.66. The van der Waals surface area contributed by atoms with E-state index in [1.54, 1.807) is 29.2 Å². The van der Waals surface area contributed by atoms with E-state index in [1.165, 1.54) is 0 Å². The van der Waals surface area contributed by atoms with Crippen molar-refractivity contribution in [2.75, 3.05) is 13.1 Å². The fourth-order valence-electron chi connectivity index (χ4n) is 3.14. The van der Waals surface area contributed by atoms with Crippen LogP contribution < -0.4 is 5.32 Å². The van der Waals surface area contributed by atoms with E-state index in [1.807, 2.05) is 42.5 Å². The van der Waals surface area contributed by atoms with Crippen LogP contribution in [0.5, 0.6) is 0 Å². The van der Waals surface area contributed by atoms with E-state index in [9.17, 15) is 9.59 Å². The third-order valence-electron chi connectivity index (χ3n) is 4.78. The molecule has 1 saturated heterocycles. The van der Waals surface area contributed by atoms with Crippen molar-refractivity contribution in [2.45, 2.75) is 19.4 Å². The van der Waals surface area contributed by atoms with E-state index < -0.39 is 0 Å². The zero-order valence-corrected chi connectivity index (χ0v) is 15.9. The third-order valence-corrected chi connectivity index (χ3v) is 5.03. The molecule has 1 heterocycles. The summed E-state index contributed by atoms with van der Waals surface area (Å²) in [6.07, 6.45) is 4.76. The topological polar surface area (TPSA) is 49.4 Å². The van der Waals surface area contributed by atoms with Gasteiger partial charge in [-0.15, -0.1) is 0 Å². The van der Waals surface area contributed by atoms with Crippen LogP contribution in [0.4, 0.5) is 0 Å². The van der Waals surface area contributed by atoms with Crippen LogP contribution in [0.15, 0.2) is 60.7 Å². The second kappa shape index (κ2) is 9.38. The van der Waals surface area contributed by atoms with Gasteiger partial charge in [0.15, 0.2) is 0 Å². The quantitative estimate of drug-likeness (QED) is 0.797. The van der Waals surface area contributed by atoms with Gasteiger partial charge < -0.3 is 10.2 Å². The number of amides is 2. The fraction of sp³-hybridized carbons (Fsp3) is 0.273. The number of hydrogen-bond acceptors (Lipinski definition) is 2. The van der Waals surface area contributed by atoms with Crippen LogP contribution in [0.2, 0.25) is 5.02 Å². The van der Waals surface area contributed by atoms with Crippen LogP contribution in [0.3, 0.4) is 0 Å². The minimum absolute atomic E-state index is 0.0203. The van der Waals surface area contributed by atoms with Crippen LogP contribution in [0, 0.1) is 5.92 Å². The first-order valence-corrected chi connectivity index (χ1v) is 9.54. The molecule has 0 atom stereocenters. The van der Waals surface area contributed by atoms with Crippen LogP contribution in [-0.2, 0) is 16.1 Å². The molecule has 0 aliphatic carbocycles. The Hall–Kier alpha value is -2.59. The molecule has 2 aromatic rings. The first-order chi connectivity index (χ1) is 13.1. The van der Waals surface area contributed by atoms with Crippen molar-refractivity contribution in [3.63, 3.8) is 0 Å². The molecule has 1 aliphatic rings. The molecular formula is C22H23ClN2O2. The van der Waals surface area contributed by atoms with Gasteiger partial charge in [-0.1, -0.05) is 54.1 Å². The van der Waals surface area contributed by atoms with Gasteiger partial charge in [-0.05, 0) is 42.2 Å². The van der Waals surface area contributed by atoms with Crippen LogP contribution in [0.25, 0.3) is 6.08 Å².